The average Bonchev–Trinajstić information content (AvgIpc) is 2.91. The number of pyridine rings is 1. The van der Waals surface area contributed by atoms with E-state index in [4.69, 9.17) is 50.9 Å². The Morgan fingerprint density at radius 2 is 1.68 bits per heavy atom. The first kappa shape index (κ1) is 18.0. The predicted molar refractivity (Wildman–Crippen MR) is 102 cm³/mol. The number of nitrogens with zero attached hydrogens (tertiary/aromatic N) is 3. The SMILES string of the molecule is Cc1onc(-c2c(Cl)cccc2Cl)c1/C=N\Nc1c(Cl)cncc1Cl. The van der Waals surface area contributed by atoms with E-state index in [1.807, 2.05) is 0 Å². The van der Waals surface area contributed by atoms with Gasteiger partial charge in [-0.3, -0.25) is 10.4 Å². The fourth-order valence-corrected chi connectivity index (χ4v) is 3.14. The predicted octanol–water partition coefficient (Wildman–Crippen LogP) is 6.10. The molecule has 0 saturated heterocycles. The lowest BCUT2D eigenvalue weighted by Gasteiger charge is -2.05. The summed E-state index contributed by atoms with van der Waals surface area (Å²) in [6, 6.07) is 5.20. The van der Waals surface area contributed by atoms with Gasteiger partial charge in [0.05, 0.1) is 37.6 Å². The van der Waals surface area contributed by atoms with Gasteiger partial charge < -0.3 is 4.52 Å². The van der Waals surface area contributed by atoms with Gasteiger partial charge in [-0.05, 0) is 19.1 Å². The first-order valence-electron chi connectivity index (χ1n) is 6.97. The Kier molecular flexibility index (Phi) is 5.49. The molecular formula is C16H10Cl4N4O. The maximum absolute atomic E-state index is 6.25. The van der Waals surface area contributed by atoms with Gasteiger partial charge in [-0.1, -0.05) is 57.6 Å². The standard InChI is InChI=1S/C16H10Cl4N4O/c1-8-9(5-22-23-16-12(19)6-21-7-13(16)20)15(24-25-8)14-10(17)3-2-4-11(14)18/h2-7H,1H3,(H,21,23)/b22-5-. The second-order valence-corrected chi connectivity index (χ2v) is 6.57. The molecule has 1 N–H and O–H groups in total. The number of rotatable bonds is 4. The third-order valence-electron chi connectivity index (χ3n) is 3.33. The molecule has 5 nitrogen and oxygen atoms in total. The van der Waals surface area contributed by atoms with Crippen molar-refractivity contribution in [1.29, 1.82) is 0 Å². The molecule has 0 atom stereocenters. The Morgan fingerprint density at radius 1 is 1.04 bits per heavy atom. The van der Waals surface area contributed by atoms with E-state index < -0.39 is 0 Å². The van der Waals surface area contributed by atoms with Crippen LogP contribution >= 0.6 is 46.4 Å². The van der Waals surface area contributed by atoms with Crippen molar-refractivity contribution in [3.63, 3.8) is 0 Å². The molecule has 25 heavy (non-hydrogen) atoms. The van der Waals surface area contributed by atoms with Crippen LogP contribution in [0.25, 0.3) is 11.3 Å². The number of anilines is 1. The van der Waals surface area contributed by atoms with Gasteiger partial charge in [-0.25, -0.2) is 0 Å². The van der Waals surface area contributed by atoms with E-state index in [2.05, 4.69) is 20.7 Å². The molecule has 2 aromatic heterocycles. The van der Waals surface area contributed by atoms with E-state index in [1.54, 1.807) is 25.1 Å². The second-order valence-electron chi connectivity index (χ2n) is 4.95. The highest BCUT2D eigenvalue weighted by molar-refractivity contribution is 6.39. The molecule has 0 unspecified atom stereocenters. The van der Waals surface area contributed by atoms with Gasteiger partial charge in [0.15, 0.2) is 0 Å². The smallest absolute Gasteiger partial charge is 0.143 e. The lowest BCUT2D eigenvalue weighted by Crippen LogP contribution is -1.95. The molecule has 2 heterocycles. The van der Waals surface area contributed by atoms with E-state index >= 15 is 0 Å². The van der Waals surface area contributed by atoms with E-state index in [9.17, 15) is 0 Å². The zero-order valence-electron chi connectivity index (χ0n) is 12.7. The molecule has 3 aromatic rings. The molecule has 0 bridgehead atoms. The largest absolute Gasteiger partial charge is 0.360 e. The molecule has 3 rings (SSSR count). The summed E-state index contributed by atoms with van der Waals surface area (Å²) in [6.45, 7) is 1.76. The molecule has 0 amide bonds. The quantitative estimate of drug-likeness (QED) is 0.412. The monoisotopic (exact) mass is 414 g/mol. The van der Waals surface area contributed by atoms with Crippen LogP contribution in [0.3, 0.4) is 0 Å². The van der Waals surface area contributed by atoms with Gasteiger partial charge in [-0.15, -0.1) is 0 Å². The van der Waals surface area contributed by atoms with Gasteiger partial charge in [0.25, 0.3) is 0 Å². The summed E-state index contributed by atoms with van der Waals surface area (Å²) in [6.07, 6.45) is 4.46. The molecule has 0 fully saturated rings. The van der Waals surface area contributed by atoms with Crippen molar-refractivity contribution >= 4 is 58.3 Å². The second kappa shape index (κ2) is 7.62. The molecular weight excluding hydrogens is 406 g/mol. The van der Waals surface area contributed by atoms with Crippen molar-refractivity contribution in [3.05, 3.63) is 62.0 Å². The molecule has 0 radical (unpaired) electrons. The fourth-order valence-electron chi connectivity index (χ4n) is 2.12. The van der Waals surface area contributed by atoms with E-state index in [0.717, 1.165) is 0 Å². The number of aryl methyl sites for hydroxylation is 1. The summed E-state index contributed by atoms with van der Waals surface area (Å²) in [5.74, 6) is 0.559. The number of nitrogens with one attached hydrogen (secondary N) is 1. The van der Waals surface area contributed by atoms with Crippen LogP contribution in [0.4, 0.5) is 5.69 Å². The van der Waals surface area contributed by atoms with Gasteiger partial charge in [0, 0.05) is 18.0 Å². The molecule has 0 aliphatic heterocycles. The lowest BCUT2D eigenvalue weighted by atomic mass is 10.1. The van der Waals surface area contributed by atoms with Crippen LogP contribution < -0.4 is 5.43 Å². The molecule has 1 aromatic carbocycles. The summed E-state index contributed by atoms with van der Waals surface area (Å²) >= 11 is 24.6. The maximum Gasteiger partial charge on any atom is 0.143 e. The first-order chi connectivity index (χ1) is 12.0. The third-order valence-corrected chi connectivity index (χ3v) is 4.53. The van der Waals surface area contributed by atoms with Crippen LogP contribution in [0, 0.1) is 6.92 Å². The lowest BCUT2D eigenvalue weighted by molar-refractivity contribution is 0.399. The number of hydrazone groups is 1. The Bertz CT molecular complexity index is 915. The molecule has 0 spiro atoms. The highest BCUT2D eigenvalue weighted by atomic mass is 35.5. The minimum atomic E-state index is 0.348. The molecule has 0 aliphatic carbocycles. The number of hydrogen-bond acceptors (Lipinski definition) is 5. The first-order valence-corrected chi connectivity index (χ1v) is 8.49. The van der Waals surface area contributed by atoms with E-state index in [-0.39, 0.29) is 0 Å². The van der Waals surface area contributed by atoms with Crippen LogP contribution in [0.2, 0.25) is 20.1 Å². The van der Waals surface area contributed by atoms with Crippen LogP contribution in [0.1, 0.15) is 11.3 Å². The van der Waals surface area contributed by atoms with Gasteiger partial charge in [0.2, 0.25) is 0 Å². The van der Waals surface area contributed by atoms with Gasteiger partial charge in [-0.2, -0.15) is 5.10 Å². The molecule has 0 aliphatic rings. The summed E-state index contributed by atoms with van der Waals surface area (Å²) in [5.41, 5.74) is 4.92. The van der Waals surface area contributed by atoms with E-state index in [0.29, 0.717) is 48.4 Å². The summed E-state index contributed by atoms with van der Waals surface area (Å²) < 4.78 is 5.26. The zero-order valence-corrected chi connectivity index (χ0v) is 15.7. The summed E-state index contributed by atoms with van der Waals surface area (Å²) in [5, 5.41) is 9.82. The van der Waals surface area contributed by atoms with Crippen molar-refractivity contribution in [3.8, 4) is 11.3 Å². The summed E-state index contributed by atoms with van der Waals surface area (Å²) in [7, 11) is 0. The molecule has 128 valence electrons. The van der Waals surface area contributed by atoms with Crippen LogP contribution in [0.5, 0.6) is 0 Å². The zero-order chi connectivity index (χ0) is 18.0. The van der Waals surface area contributed by atoms with Crippen molar-refractivity contribution in [2.75, 3.05) is 5.43 Å². The van der Waals surface area contributed by atoms with Crippen LogP contribution in [-0.4, -0.2) is 16.4 Å². The average molecular weight is 416 g/mol. The van der Waals surface area contributed by atoms with Crippen LogP contribution in [-0.2, 0) is 0 Å². The third kappa shape index (κ3) is 3.75. The number of aromatic nitrogens is 2. The maximum atomic E-state index is 6.25. The fraction of sp³-hybridized carbons (Fsp3) is 0.0625. The Labute approximate surface area is 163 Å². The van der Waals surface area contributed by atoms with Gasteiger partial charge in [0.1, 0.15) is 11.5 Å². The Hall–Kier alpha value is -1.79. The van der Waals surface area contributed by atoms with Crippen molar-refractivity contribution in [1.82, 2.24) is 10.1 Å². The van der Waals surface area contributed by atoms with Crippen molar-refractivity contribution < 1.29 is 4.52 Å². The number of hydrogen-bond donors (Lipinski definition) is 1. The molecule has 0 saturated carbocycles. The van der Waals surface area contributed by atoms with Crippen molar-refractivity contribution in [2.45, 2.75) is 6.92 Å². The minimum absolute atomic E-state index is 0.348. The Morgan fingerprint density at radius 3 is 2.32 bits per heavy atom. The number of benzene rings is 1. The minimum Gasteiger partial charge on any atom is -0.360 e. The van der Waals surface area contributed by atoms with Crippen molar-refractivity contribution in [2.24, 2.45) is 5.10 Å². The number of halogens is 4. The van der Waals surface area contributed by atoms with E-state index in [1.165, 1.54) is 18.6 Å². The highest BCUT2D eigenvalue weighted by Crippen LogP contribution is 2.36. The summed E-state index contributed by atoms with van der Waals surface area (Å²) in [4.78, 5) is 3.88. The topological polar surface area (TPSA) is 63.3 Å². The Balaban J connectivity index is 1.96. The highest BCUT2D eigenvalue weighted by Gasteiger charge is 2.18. The van der Waals surface area contributed by atoms with Crippen LogP contribution in [0.15, 0.2) is 40.2 Å². The molecule has 9 heteroatoms. The normalized spacial score (nSPS) is 11.2. The van der Waals surface area contributed by atoms with Gasteiger partial charge >= 0.3 is 0 Å².